The van der Waals surface area contributed by atoms with E-state index in [0.717, 1.165) is 30.5 Å². The molecule has 0 aliphatic heterocycles. The highest BCUT2D eigenvalue weighted by atomic mass is 15.0. The Hall–Kier alpha value is -0.830. The van der Waals surface area contributed by atoms with Gasteiger partial charge in [-0.15, -0.1) is 0 Å². The van der Waals surface area contributed by atoms with Crippen molar-refractivity contribution in [3.8, 4) is 0 Å². The van der Waals surface area contributed by atoms with Crippen LogP contribution in [0.1, 0.15) is 45.4 Å². The summed E-state index contributed by atoms with van der Waals surface area (Å²) in [7, 11) is 0. The molecule has 1 aliphatic carbocycles. The van der Waals surface area contributed by atoms with Crippen molar-refractivity contribution in [1.82, 2.24) is 9.97 Å². The van der Waals surface area contributed by atoms with Gasteiger partial charge in [0.1, 0.15) is 5.82 Å². The minimum Gasteiger partial charge on any atom is -0.347 e. The molecule has 2 atom stereocenters. The molecule has 0 aromatic carbocycles. The van der Waals surface area contributed by atoms with Crippen LogP contribution in [0.5, 0.6) is 0 Å². The van der Waals surface area contributed by atoms with Gasteiger partial charge in [0.25, 0.3) is 0 Å². The third kappa shape index (κ3) is 2.07. The van der Waals surface area contributed by atoms with Gasteiger partial charge in [0.2, 0.25) is 0 Å². The Morgan fingerprint density at radius 1 is 1.60 bits per heavy atom. The summed E-state index contributed by atoms with van der Waals surface area (Å²) in [5, 5.41) is 0. The normalized spacial score (nSPS) is 32.1. The highest BCUT2D eigenvalue weighted by Crippen LogP contribution is 2.39. The summed E-state index contributed by atoms with van der Waals surface area (Å²) >= 11 is 0. The van der Waals surface area contributed by atoms with Crippen LogP contribution in [0.4, 0.5) is 0 Å². The fraction of sp³-hybridized carbons (Fsp3) is 0.750. The first-order valence-corrected chi connectivity index (χ1v) is 5.90. The van der Waals surface area contributed by atoms with E-state index in [-0.39, 0.29) is 5.54 Å². The lowest BCUT2D eigenvalue weighted by molar-refractivity contribution is 0.177. The number of imidazole rings is 1. The van der Waals surface area contributed by atoms with Crippen LogP contribution in [0.3, 0.4) is 0 Å². The highest BCUT2D eigenvalue weighted by molar-refractivity contribution is 5.07. The molecule has 0 amide bonds. The molecule has 0 saturated heterocycles. The number of nitrogens with two attached hydrogens (primary N) is 1. The van der Waals surface area contributed by atoms with E-state index in [9.17, 15) is 0 Å². The molecule has 84 valence electrons. The largest absolute Gasteiger partial charge is 0.347 e. The summed E-state index contributed by atoms with van der Waals surface area (Å²) in [6, 6.07) is 0. The van der Waals surface area contributed by atoms with Gasteiger partial charge in [-0.25, -0.2) is 4.98 Å². The molecule has 0 radical (unpaired) electrons. The number of rotatable bonds is 2. The second-order valence-corrected chi connectivity index (χ2v) is 5.19. The minimum atomic E-state index is -0.212. The van der Waals surface area contributed by atoms with Crippen LogP contribution >= 0.6 is 0 Å². The third-order valence-corrected chi connectivity index (χ3v) is 3.74. The van der Waals surface area contributed by atoms with Crippen molar-refractivity contribution in [1.29, 1.82) is 0 Å². The first-order valence-electron chi connectivity index (χ1n) is 5.90. The number of hydrogen-bond acceptors (Lipinski definition) is 2. The average molecular weight is 207 g/mol. The van der Waals surface area contributed by atoms with Crippen LogP contribution < -0.4 is 5.73 Å². The molecule has 1 aliphatic rings. The maximum atomic E-state index is 6.46. The number of hydrogen-bond donors (Lipinski definition) is 2. The summed E-state index contributed by atoms with van der Waals surface area (Å²) in [5.74, 6) is 2.44. The van der Waals surface area contributed by atoms with E-state index in [1.54, 1.807) is 6.20 Å². The van der Waals surface area contributed by atoms with Crippen molar-refractivity contribution >= 4 is 0 Å². The minimum absolute atomic E-state index is 0.212. The fourth-order valence-electron chi connectivity index (χ4n) is 2.67. The van der Waals surface area contributed by atoms with E-state index in [1.165, 1.54) is 12.8 Å². The van der Waals surface area contributed by atoms with Gasteiger partial charge in [0, 0.05) is 12.4 Å². The number of H-pyrrole nitrogens is 1. The molecule has 3 nitrogen and oxygen atoms in total. The lowest BCUT2D eigenvalue weighted by Crippen LogP contribution is -2.43. The molecule has 3 heteroatoms. The van der Waals surface area contributed by atoms with Crippen LogP contribution in [0, 0.1) is 11.8 Å². The SMILES string of the molecule is CC(C)[C@H]1CCC[C@@](N)(c2ncc[nH]2)C1. The molecular weight excluding hydrogens is 186 g/mol. The molecule has 15 heavy (non-hydrogen) atoms. The molecule has 1 aromatic rings. The smallest absolute Gasteiger partial charge is 0.126 e. The molecule has 3 N–H and O–H groups in total. The predicted molar refractivity (Wildman–Crippen MR) is 61.2 cm³/mol. The zero-order chi connectivity index (χ0) is 10.9. The van der Waals surface area contributed by atoms with E-state index < -0.39 is 0 Å². The van der Waals surface area contributed by atoms with Crippen LogP contribution in [-0.2, 0) is 5.54 Å². The van der Waals surface area contributed by atoms with Gasteiger partial charge in [0.05, 0.1) is 5.54 Å². The topological polar surface area (TPSA) is 54.7 Å². The Labute approximate surface area is 91.5 Å². The maximum absolute atomic E-state index is 6.46. The second-order valence-electron chi connectivity index (χ2n) is 5.19. The third-order valence-electron chi connectivity index (χ3n) is 3.74. The van der Waals surface area contributed by atoms with Crippen molar-refractivity contribution in [2.24, 2.45) is 17.6 Å². The molecule has 1 aromatic heterocycles. The van der Waals surface area contributed by atoms with Crippen molar-refractivity contribution in [2.45, 2.75) is 45.1 Å². The Bertz CT molecular complexity index is 305. The number of nitrogens with zero attached hydrogens (tertiary/aromatic N) is 1. The van der Waals surface area contributed by atoms with Crippen molar-refractivity contribution in [3.05, 3.63) is 18.2 Å². The molecule has 2 rings (SSSR count). The summed E-state index contributed by atoms with van der Waals surface area (Å²) < 4.78 is 0. The monoisotopic (exact) mass is 207 g/mol. The van der Waals surface area contributed by atoms with Crippen LogP contribution in [0.25, 0.3) is 0 Å². The number of nitrogens with one attached hydrogen (secondary N) is 1. The Balaban J connectivity index is 2.15. The molecular formula is C12H21N3. The zero-order valence-electron chi connectivity index (χ0n) is 9.66. The van der Waals surface area contributed by atoms with Crippen LogP contribution in [0.2, 0.25) is 0 Å². The van der Waals surface area contributed by atoms with Gasteiger partial charge in [-0.3, -0.25) is 0 Å². The van der Waals surface area contributed by atoms with E-state index in [4.69, 9.17) is 5.73 Å². The summed E-state index contributed by atoms with van der Waals surface area (Å²) in [5.41, 5.74) is 6.25. The first kappa shape index (κ1) is 10.7. The summed E-state index contributed by atoms with van der Waals surface area (Å²) in [4.78, 5) is 7.50. The summed E-state index contributed by atoms with van der Waals surface area (Å²) in [6.07, 6.45) is 8.32. The number of aromatic nitrogens is 2. The van der Waals surface area contributed by atoms with Gasteiger partial charge in [-0.1, -0.05) is 26.7 Å². The van der Waals surface area contributed by atoms with Crippen LogP contribution in [-0.4, -0.2) is 9.97 Å². The van der Waals surface area contributed by atoms with E-state index in [2.05, 4.69) is 23.8 Å². The highest BCUT2D eigenvalue weighted by Gasteiger charge is 2.37. The Morgan fingerprint density at radius 3 is 3.00 bits per heavy atom. The second kappa shape index (κ2) is 3.97. The van der Waals surface area contributed by atoms with Crippen molar-refractivity contribution in [2.75, 3.05) is 0 Å². The quantitative estimate of drug-likeness (QED) is 0.782. The van der Waals surface area contributed by atoms with Gasteiger partial charge in [-0.05, 0) is 24.7 Å². The summed E-state index contributed by atoms with van der Waals surface area (Å²) in [6.45, 7) is 4.58. The maximum Gasteiger partial charge on any atom is 0.126 e. The molecule has 0 spiro atoms. The Morgan fingerprint density at radius 2 is 2.40 bits per heavy atom. The molecule has 1 saturated carbocycles. The van der Waals surface area contributed by atoms with Gasteiger partial charge in [0.15, 0.2) is 0 Å². The van der Waals surface area contributed by atoms with E-state index in [0.29, 0.717) is 0 Å². The molecule has 1 heterocycles. The van der Waals surface area contributed by atoms with Crippen molar-refractivity contribution in [3.63, 3.8) is 0 Å². The van der Waals surface area contributed by atoms with Gasteiger partial charge < -0.3 is 10.7 Å². The average Bonchev–Trinajstić information content (AvgIpc) is 2.71. The fourth-order valence-corrected chi connectivity index (χ4v) is 2.67. The predicted octanol–water partition coefficient (Wildman–Crippen LogP) is 2.41. The lowest BCUT2D eigenvalue weighted by atomic mass is 9.72. The first-order chi connectivity index (χ1) is 7.12. The number of aromatic amines is 1. The van der Waals surface area contributed by atoms with Crippen molar-refractivity contribution < 1.29 is 0 Å². The van der Waals surface area contributed by atoms with E-state index in [1.807, 2.05) is 6.20 Å². The molecule has 0 bridgehead atoms. The van der Waals surface area contributed by atoms with E-state index >= 15 is 0 Å². The lowest BCUT2D eigenvalue weighted by Gasteiger charge is -2.38. The standard InChI is InChI=1S/C12H21N3/c1-9(2)10-4-3-5-12(13,8-10)11-14-6-7-15-11/h6-7,9-10H,3-5,8,13H2,1-2H3,(H,14,15)/t10-,12-/m0/s1. The van der Waals surface area contributed by atoms with Gasteiger partial charge >= 0.3 is 0 Å². The van der Waals surface area contributed by atoms with Gasteiger partial charge in [-0.2, -0.15) is 0 Å². The van der Waals surface area contributed by atoms with Crippen LogP contribution in [0.15, 0.2) is 12.4 Å². The Kier molecular flexibility index (Phi) is 2.83. The zero-order valence-corrected chi connectivity index (χ0v) is 9.66. The molecule has 1 fully saturated rings. The molecule has 0 unspecified atom stereocenters.